The van der Waals surface area contributed by atoms with Gasteiger partial charge in [-0.05, 0) is 19.3 Å². The molecule has 0 spiro atoms. The number of alkyl halides is 3. The Bertz CT molecular complexity index is 274. The van der Waals surface area contributed by atoms with E-state index in [4.69, 9.17) is 0 Å². The number of hydrogen-bond acceptors (Lipinski definition) is 2. The van der Waals surface area contributed by atoms with Crippen LogP contribution in [0.25, 0.3) is 0 Å². The Morgan fingerprint density at radius 1 is 1.25 bits per heavy atom. The summed E-state index contributed by atoms with van der Waals surface area (Å²) < 4.78 is 56.1. The normalized spacial score (nSPS) is 23.3. The summed E-state index contributed by atoms with van der Waals surface area (Å²) in [6.07, 6.45) is -4.18. The van der Waals surface area contributed by atoms with E-state index in [2.05, 4.69) is 0 Å². The Morgan fingerprint density at radius 3 is 1.67 bits per heavy atom. The lowest BCUT2D eigenvalue weighted by Gasteiger charge is -2.40. The first-order valence-electron chi connectivity index (χ1n) is 3.47. The average molecular weight is 202 g/mol. The highest BCUT2D eigenvalue weighted by atomic mass is 32.2. The zero-order chi connectivity index (χ0) is 9.62. The number of sulfone groups is 1. The minimum Gasteiger partial charge on any atom is -0.228 e. The van der Waals surface area contributed by atoms with Crippen LogP contribution < -0.4 is 0 Å². The Hall–Kier alpha value is -0.260. The Labute approximate surface area is 68.7 Å². The maximum Gasteiger partial charge on any atom is 0.408 e. The van der Waals surface area contributed by atoms with Crippen LogP contribution in [0.4, 0.5) is 13.2 Å². The predicted molar refractivity (Wildman–Crippen MR) is 37.5 cm³/mol. The van der Waals surface area contributed by atoms with Crippen molar-refractivity contribution in [2.24, 2.45) is 0 Å². The van der Waals surface area contributed by atoms with E-state index in [0.29, 0.717) is 12.7 Å². The number of rotatable bonds is 1. The fraction of sp³-hybridized carbons (Fsp3) is 1.00. The Balaban J connectivity index is 3.09. The van der Waals surface area contributed by atoms with E-state index < -0.39 is 20.8 Å². The van der Waals surface area contributed by atoms with Gasteiger partial charge in [0.2, 0.25) is 0 Å². The van der Waals surface area contributed by atoms with E-state index in [1.165, 1.54) is 0 Å². The molecular weight excluding hydrogens is 193 g/mol. The number of halogens is 3. The summed E-state index contributed by atoms with van der Waals surface area (Å²) >= 11 is 0. The molecule has 72 valence electrons. The third-order valence-corrected chi connectivity index (χ3v) is 4.45. The molecule has 1 aliphatic rings. The van der Waals surface area contributed by atoms with Crippen LogP contribution in [0.1, 0.15) is 19.3 Å². The van der Waals surface area contributed by atoms with Crippen molar-refractivity contribution < 1.29 is 21.6 Å². The van der Waals surface area contributed by atoms with Crippen LogP contribution >= 0.6 is 0 Å². The molecular formula is C6H9F3O2S. The molecule has 0 saturated heterocycles. The predicted octanol–water partition coefficient (Wildman–Crippen LogP) is 1.52. The zero-order valence-corrected chi connectivity index (χ0v) is 7.30. The molecule has 12 heavy (non-hydrogen) atoms. The van der Waals surface area contributed by atoms with Crippen molar-refractivity contribution >= 4 is 9.84 Å². The third-order valence-electron chi connectivity index (χ3n) is 2.39. The van der Waals surface area contributed by atoms with Gasteiger partial charge in [0.15, 0.2) is 14.6 Å². The van der Waals surface area contributed by atoms with Gasteiger partial charge in [0.25, 0.3) is 0 Å². The number of hydrogen-bond donors (Lipinski definition) is 0. The van der Waals surface area contributed by atoms with Crippen LogP contribution in [0.15, 0.2) is 0 Å². The second kappa shape index (κ2) is 2.37. The van der Waals surface area contributed by atoms with Crippen molar-refractivity contribution in [1.82, 2.24) is 0 Å². The molecule has 0 radical (unpaired) electrons. The van der Waals surface area contributed by atoms with Crippen LogP contribution in [0.5, 0.6) is 0 Å². The van der Waals surface area contributed by atoms with Crippen LogP contribution in [0.2, 0.25) is 0 Å². The quantitative estimate of drug-likeness (QED) is 0.646. The molecule has 0 aliphatic heterocycles. The third kappa shape index (κ3) is 1.12. The molecule has 1 rings (SSSR count). The maximum atomic E-state index is 12.3. The van der Waals surface area contributed by atoms with E-state index in [0.717, 1.165) is 0 Å². The fourth-order valence-electron chi connectivity index (χ4n) is 1.36. The molecule has 0 unspecified atom stereocenters. The first-order chi connectivity index (χ1) is 5.21. The standard InChI is InChI=1S/C6H9F3O2S/c1-12(10,11)5(3-2-4-5)6(7,8)9/h2-4H2,1H3. The molecule has 2 nitrogen and oxygen atoms in total. The van der Waals surface area contributed by atoms with Gasteiger partial charge in [-0.2, -0.15) is 13.2 Å². The fourth-order valence-corrected chi connectivity index (χ4v) is 2.81. The highest BCUT2D eigenvalue weighted by Gasteiger charge is 2.65. The monoisotopic (exact) mass is 202 g/mol. The lowest BCUT2D eigenvalue weighted by atomic mass is 9.84. The molecule has 0 N–H and O–H groups in total. The summed E-state index contributed by atoms with van der Waals surface area (Å²) in [6, 6.07) is 0. The summed E-state index contributed by atoms with van der Waals surface area (Å²) in [7, 11) is -4.01. The zero-order valence-electron chi connectivity index (χ0n) is 6.48. The van der Waals surface area contributed by atoms with E-state index >= 15 is 0 Å². The van der Waals surface area contributed by atoms with Gasteiger partial charge >= 0.3 is 6.18 Å². The molecule has 0 heterocycles. The van der Waals surface area contributed by atoms with Crippen LogP contribution in [0.3, 0.4) is 0 Å². The van der Waals surface area contributed by atoms with Crippen molar-refractivity contribution in [3.8, 4) is 0 Å². The Kier molecular flexibility index (Phi) is 1.94. The molecule has 0 aromatic heterocycles. The van der Waals surface area contributed by atoms with Crippen molar-refractivity contribution in [1.29, 1.82) is 0 Å². The first kappa shape index (κ1) is 9.83. The van der Waals surface area contributed by atoms with Gasteiger partial charge in [-0.1, -0.05) is 0 Å². The largest absolute Gasteiger partial charge is 0.408 e. The molecule has 1 fully saturated rings. The van der Waals surface area contributed by atoms with Gasteiger partial charge in [0.1, 0.15) is 0 Å². The average Bonchev–Trinajstić information content (AvgIpc) is 1.47. The SMILES string of the molecule is CS(=O)(=O)C1(C(F)(F)F)CCC1. The molecule has 1 aliphatic carbocycles. The highest BCUT2D eigenvalue weighted by Crippen LogP contribution is 2.50. The van der Waals surface area contributed by atoms with Crippen LogP contribution in [-0.4, -0.2) is 25.6 Å². The smallest absolute Gasteiger partial charge is 0.228 e. The van der Waals surface area contributed by atoms with Crippen LogP contribution in [0, 0.1) is 0 Å². The minimum absolute atomic E-state index is 0.282. The van der Waals surface area contributed by atoms with Gasteiger partial charge in [-0.3, -0.25) is 0 Å². The molecule has 0 amide bonds. The minimum atomic E-state index is -4.61. The van der Waals surface area contributed by atoms with Crippen LogP contribution in [-0.2, 0) is 9.84 Å². The second-order valence-electron chi connectivity index (χ2n) is 3.12. The molecule has 0 atom stereocenters. The van der Waals surface area contributed by atoms with Gasteiger partial charge in [0.05, 0.1) is 0 Å². The van der Waals surface area contributed by atoms with Gasteiger partial charge < -0.3 is 0 Å². The summed E-state index contributed by atoms with van der Waals surface area (Å²) in [5.74, 6) is 0. The summed E-state index contributed by atoms with van der Waals surface area (Å²) in [5, 5.41) is 0. The molecule has 6 heteroatoms. The molecule has 0 aromatic carbocycles. The lowest BCUT2D eigenvalue weighted by molar-refractivity contribution is -0.178. The van der Waals surface area contributed by atoms with E-state index in [1.807, 2.05) is 0 Å². The Morgan fingerprint density at radius 2 is 1.67 bits per heavy atom. The van der Waals surface area contributed by atoms with E-state index in [-0.39, 0.29) is 12.8 Å². The van der Waals surface area contributed by atoms with E-state index in [1.54, 1.807) is 0 Å². The van der Waals surface area contributed by atoms with Gasteiger partial charge in [0, 0.05) is 6.26 Å². The van der Waals surface area contributed by atoms with Crippen molar-refractivity contribution in [3.63, 3.8) is 0 Å². The molecule has 0 aromatic rings. The molecule has 1 saturated carbocycles. The topological polar surface area (TPSA) is 34.1 Å². The van der Waals surface area contributed by atoms with Crippen molar-refractivity contribution in [2.75, 3.05) is 6.26 Å². The van der Waals surface area contributed by atoms with Crippen molar-refractivity contribution in [2.45, 2.75) is 30.2 Å². The summed E-state index contributed by atoms with van der Waals surface area (Å²) in [6.45, 7) is 0. The summed E-state index contributed by atoms with van der Waals surface area (Å²) in [4.78, 5) is 0. The van der Waals surface area contributed by atoms with Gasteiger partial charge in [-0.15, -0.1) is 0 Å². The van der Waals surface area contributed by atoms with Crippen molar-refractivity contribution in [3.05, 3.63) is 0 Å². The second-order valence-corrected chi connectivity index (χ2v) is 5.44. The summed E-state index contributed by atoms with van der Waals surface area (Å²) in [5.41, 5.74) is 0. The maximum absolute atomic E-state index is 12.3. The lowest BCUT2D eigenvalue weighted by Crippen LogP contribution is -2.56. The first-order valence-corrected chi connectivity index (χ1v) is 5.36. The van der Waals surface area contributed by atoms with E-state index in [9.17, 15) is 21.6 Å². The molecule has 0 bridgehead atoms. The highest BCUT2D eigenvalue weighted by molar-refractivity contribution is 7.92. The van der Waals surface area contributed by atoms with Gasteiger partial charge in [-0.25, -0.2) is 8.42 Å².